The summed E-state index contributed by atoms with van der Waals surface area (Å²) in [6, 6.07) is 6.58. The zero-order valence-corrected chi connectivity index (χ0v) is 13.0. The number of rotatable bonds is 3. The molecule has 1 aliphatic rings. The Morgan fingerprint density at radius 1 is 1.39 bits per heavy atom. The molecule has 18 heavy (non-hydrogen) atoms. The van der Waals surface area contributed by atoms with Crippen LogP contribution in [0.3, 0.4) is 0 Å². The topological polar surface area (TPSA) is 29.3 Å². The molecule has 0 unspecified atom stereocenters. The first-order valence-electron chi connectivity index (χ1n) is 6.75. The van der Waals surface area contributed by atoms with Crippen LogP contribution in [-0.2, 0) is 6.42 Å². The number of piperidine rings is 1. The number of halogens is 1. The Bertz CT molecular complexity index is 415. The molecule has 0 aromatic heterocycles. The summed E-state index contributed by atoms with van der Waals surface area (Å²) in [4.78, 5) is 2.53. The van der Waals surface area contributed by atoms with Crippen LogP contribution < -0.4 is 10.6 Å². The van der Waals surface area contributed by atoms with E-state index in [-0.39, 0.29) is 0 Å². The van der Waals surface area contributed by atoms with Crippen LogP contribution in [-0.4, -0.2) is 19.6 Å². The summed E-state index contributed by atoms with van der Waals surface area (Å²) in [5.41, 5.74) is 8.89. The number of benzene rings is 1. The summed E-state index contributed by atoms with van der Waals surface area (Å²) >= 11 is 3.55. The molecular weight excluding hydrogens is 288 g/mol. The van der Waals surface area contributed by atoms with E-state index in [4.69, 9.17) is 5.73 Å². The molecule has 1 fully saturated rings. The first-order valence-corrected chi connectivity index (χ1v) is 7.54. The first kappa shape index (κ1) is 13.9. The monoisotopic (exact) mass is 310 g/mol. The predicted octanol–water partition coefficient (Wildman–Crippen LogP) is 3.58. The number of hydrogen-bond donors (Lipinski definition) is 1. The van der Waals surface area contributed by atoms with E-state index in [2.05, 4.69) is 52.9 Å². The molecule has 1 aromatic carbocycles. The molecule has 0 spiro atoms. The Morgan fingerprint density at radius 3 is 2.83 bits per heavy atom. The van der Waals surface area contributed by atoms with E-state index in [0.717, 1.165) is 17.4 Å². The molecule has 0 aliphatic carbocycles. The van der Waals surface area contributed by atoms with Gasteiger partial charge in [-0.3, -0.25) is 0 Å². The summed E-state index contributed by atoms with van der Waals surface area (Å²) in [6.45, 7) is 7.75. The zero-order chi connectivity index (χ0) is 13.2. The summed E-state index contributed by atoms with van der Waals surface area (Å²) < 4.78 is 1.14. The predicted molar refractivity (Wildman–Crippen MR) is 82.1 cm³/mol. The Hall–Kier alpha value is -0.540. The van der Waals surface area contributed by atoms with Gasteiger partial charge in [-0.1, -0.05) is 29.8 Å². The maximum Gasteiger partial charge on any atom is 0.0400 e. The number of anilines is 1. The SMILES string of the molecule is CC1(C)CCCN(c2ccc(Br)cc2CCN)C1. The molecular formula is C15H23BrN2. The second-order valence-corrected chi connectivity index (χ2v) is 6.92. The normalized spacial score (nSPS) is 19.0. The molecule has 2 rings (SSSR count). The lowest BCUT2D eigenvalue weighted by Gasteiger charge is -2.40. The van der Waals surface area contributed by atoms with Crippen molar-refractivity contribution in [2.45, 2.75) is 33.1 Å². The lowest BCUT2D eigenvalue weighted by Crippen LogP contribution is -2.40. The molecule has 0 atom stereocenters. The highest BCUT2D eigenvalue weighted by atomic mass is 79.9. The van der Waals surface area contributed by atoms with E-state index in [1.54, 1.807) is 0 Å². The Morgan fingerprint density at radius 2 is 2.17 bits per heavy atom. The average molecular weight is 311 g/mol. The van der Waals surface area contributed by atoms with E-state index in [1.165, 1.54) is 30.6 Å². The molecule has 1 aliphatic heterocycles. The number of nitrogens with zero attached hydrogens (tertiary/aromatic N) is 1. The molecule has 0 saturated carbocycles. The van der Waals surface area contributed by atoms with Crippen LogP contribution >= 0.6 is 15.9 Å². The maximum absolute atomic E-state index is 5.73. The van der Waals surface area contributed by atoms with Crippen molar-refractivity contribution in [1.82, 2.24) is 0 Å². The minimum Gasteiger partial charge on any atom is -0.371 e. The van der Waals surface area contributed by atoms with Gasteiger partial charge in [0.2, 0.25) is 0 Å². The fourth-order valence-electron chi connectivity index (χ4n) is 2.85. The van der Waals surface area contributed by atoms with Crippen molar-refractivity contribution in [3.8, 4) is 0 Å². The van der Waals surface area contributed by atoms with Crippen LogP contribution in [0.1, 0.15) is 32.3 Å². The van der Waals surface area contributed by atoms with Crippen LogP contribution in [0.4, 0.5) is 5.69 Å². The molecule has 0 radical (unpaired) electrons. The van der Waals surface area contributed by atoms with Gasteiger partial charge in [-0.15, -0.1) is 0 Å². The maximum atomic E-state index is 5.73. The van der Waals surface area contributed by atoms with Crippen molar-refractivity contribution < 1.29 is 0 Å². The molecule has 0 amide bonds. The highest BCUT2D eigenvalue weighted by Gasteiger charge is 2.27. The van der Waals surface area contributed by atoms with E-state index in [1.807, 2.05) is 0 Å². The quantitative estimate of drug-likeness (QED) is 0.924. The van der Waals surface area contributed by atoms with Crippen molar-refractivity contribution in [2.24, 2.45) is 11.1 Å². The third-order valence-electron chi connectivity index (χ3n) is 3.70. The minimum absolute atomic E-state index is 0.422. The van der Waals surface area contributed by atoms with Gasteiger partial charge < -0.3 is 10.6 Å². The van der Waals surface area contributed by atoms with Crippen LogP contribution in [0, 0.1) is 5.41 Å². The zero-order valence-electron chi connectivity index (χ0n) is 11.4. The molecule has 2 nitrogen and oxygen atoms in total. The Kier molecular flexibility index (Phi) is 4.33. The largest absolute Gasteiger partial charge is 0.371 e. The van der Waals surface area contributed by atoms with Crippen molar-refractivity contribution in [1.29, 1.82) is 0 Å². The van der Waals surface area contributed by atoms with Gasteiger partial charge in [0.15, 0.2) is 0 Å². The third kappa shape index (κ3) is 3.27. The summed E-state index contributed by atoms with van der Waals surface area (Å²) in [5.74, 6) is 0. The van der Waals surface area contributed by atoms with E-state index in [0.29, 0.717) is 12.0 Å². The van der Waals surface area contributed by atoms with Crippen molar-refractivity contribution in [3.05, 3.63) is 28.2 Å². The highest BCUT2D eigenvalue weighted by Crippen LogP contribution is 2.34. The Balaban J connectivity index is 2.26. The number of nitrogens with two attached hydrogens (primary N) is 1. The fraction of sp³-hybridized carbons (Fsp3) is 0.600. The number of hydrogen-bond acceptors (Lipinski definition) is 2. The van der Waals surface area contributed by atoms with Crippen LogP contribution in [0.5, 0.6) is 0 Å². The van der Waals surface area contributed by atoms with Crippen molar-refractivity contribution in [2.75, 3.05) is 24.5 Å². The van der Waals surface area contributed by atoms with Crippen LogP contribution in [0.25, 0.3) is 0 Å². The molecule has 100 valence electrons. The van der Waals surface area contributed by atoms with Crippen molar-refractivity contribution in [3.63, 3.8) is 0 Å². The lowest BCUT2D eigenvalue weighted by molar-refractivity contribution is 0.293. The Labute approximate surface area is 119 Å². The summed E-state index contributed by atoms with van der Waals surface area (Å²) in [6.07, 6.45) is 3.56. The molecule has 0 bridgehead atoms. The molecule has 1 saturated heterocycles. The molecule has 3 heteroatoms. The third-order valence-corrected chi connectivity index (χ3v) is 4.19. The van der Waals surface area contributed by atoms with Gasteiger partial charge in [0, 0.05) is 23.2 Å². The van der Waals surface area contributed by atoms with Gasteiger partial charge in [-0.25, -0.2) is 0 Å². The van der Waals surface area contributed by atoms with Gasteiger partial charge in [0.1, 0.15) is 0 Å². The van der Waals surface area contributed by atoms with E-state index < -0.39 is 0 Å². The highest BCUT2D eigenvalue weighted by molar-refractivity contribution is 9.10. The fourth-order valence-corrected chi connectivity index (χ4v) is 3.26. The smallest absolute Gasteiger partial charge is 0.0400 e. The second kappa shape index (κ2) is 5.62. The first-order chi connectivity index (χ1) is 8.52. The van der Waals surface area contributed by atoms with E-state index in [9.17, 15) is 0 Å². The van der Waals surface area contributed by atoms with Gasteiger partial charge >= 0.3 is 0 Å². The van der Waals surface area contributed by atoms with E-state index >= 15 is 0 Å². The summed E-state index contributed by atoms with van der Waals surface area (Å²) in [5, 5.41) is 0. The summed E-state index contributed by atoms with van der Waals surface area (Å²) in [7, 11) is 0. The standard InChI is InChI=1S/C15H23BrN2/c1-15(2)7-3-9-18(11-15)14-5-4-13(16)10-12(14)6-8-17/h4-5,10H,3,6-9,11,17H2,1-2H3. The van der Waals surface area contributed by atoms with Crippen LogP contribution in [0.15, 0.2) is 22.7 Å². The average Bonchev–Trinajstić information content (AvgIpc) is 2.28. The van der Waals surface area contributed by atoms with Crippen molar-refractivity contribution >= 4 is 21.6 Å². The lowest BCUT2D eigenvalue weighted by atomic mass is 9.83. The van der Waals surface area contributed by atoms with Gasteiger partial charge in [0.25, 0.3) is 0 Å². The van der Waals surface area contributed by atoms with Gasteiger partial charge in [-0.2, -0.15) is 0 Å². The van der Waals surface area contributed by atoms with Gasteiger partial charge in [0.05, 0.1) is 0 Å². The molecule has 1 aromatic rings. The van der Waals surface area contributed by atoms with Crippen LogP contribution in [0.2, 0.25) is 0 Å². The molecule has 1 heterocycles. The van der Waals surface area contributed by atoms with Gasteiger partial charge in [-0.05, 0) is 55.0 Å². The second-order valence-electron chi connectivity index (χ2n) is 6.00. The molecule has 2 N–H and O–H groups in total. The minimum atomic E-state index is 0.422.